The van der Waals surface area contributed by atoms with E-state index in [2.05, 4.69) is 20.9 Å². The van der Waals surface area contributed by atoms with E-state index in [0.29, 0.717) is 6.61 Å². The highest BCUT2D eigenvalue weighted by molar-refractivity contribution is 9.10. The third-order valence-electron chi connectivity index (χ3n) is 2.62. The Morgan fingerprint density at radius 1 is 1.18 bits per heavy atom. The van der Waals surface area contributed by atoms with Gasteiger partial charge in [0, 0.05) is 10.7 Å². The first-order chi connectivity index (χ1) is 8.16. The molecule has 0 atom stereocenters. The maximum Gasteiger partial charge on any atom is 0.130 e. The van der Waals surface area contributed by atoms with Gasteiger partial charge in [-0.25, -0.2) is 0 Å². The van der Waals surface area contributed by atoms with Gasteiger partial charge < -0.3 is 4.74 Å². The van der Waals surface area contributed by atoms with E-state index in [4.69, 9.17) is 4.74 Å². The Labute approximate surface area is 110 Å². The Balaban J connectivity index is 2.08. The molecule has 2 aromatic rings. The van der Waals surface area contributed by atoms with Gasteiger partial charge in [-0.3, -0.25) is 4.98 Å². The lowest BCUT2D eigenvalue weighted by atomic mass is 10.2. The summed E-state index contributed by atoms with van der Waals surface area (Å²) in [6.07, 6.45) is 1.79. The molecular formula is C14H14BrNO. The second kappa shape index (κ2) is 5.32. The minimum absolute atomic E-state index is 0.508. The highest BCUT2D eigenvalue weighted by Gasteiger charge is 2.02. The summed E-state index contributed by atoms with van der Waals surface area (Å²) in [5.41, 5.74) is 3.30. The van der Waals surface area contributed by atoms with Gasteiger partial charge in [0.25, 0.3) is 0 Å². The highest BCUT2D eigenvalue weighted by Crippen LogP contribution is 2.22. The van der Waals surface area contributed by atoms with Crippen molar-refractivity contribution in [2.75, 3.05) is 0 Å². The van der Waals surface area contributed by atoms with Crippen LogP contribution in [0.15, 0.2) is 41.0 Å². The average molecular weight is 292 g/mol. The zero-order valence-corrected chi connectivity index (χ0v) is 11.5. The van der Waals surface area contributed by atoms with E-state index >= 15 is 0 Å². The molecule has 3 heteroatoms. The van der Waals surface area contributed by atoms with Gasteiger partial charge in [-0.15, -0.1) is 0 Å². The second-order valence-electron chi connectivity index (χ2n) is 3.97. The monoisotopic (exact) mass is 291 g/mol. The first kappa shape index (κ1) is 12.1. The molecule has 0 aliphatic carbocycles. The minimum atomic E-state index is 0.508. The van der Waals surface area contributed by atoms with Crippen molar-refractivity contribution >= 4 is 15.9 Å². The number of ether oxygens (including phenoxy) is 1. The minimum Gasteiger partial charge on any atom is -0.487 e. The summed E-state index contributed by atoms with van der Waals surface area (Å²) in [6, 6.07) is 9.94. The Morgan fingerprint density at radius 2 is 2.00 bits per heavy atom. The highest BCUT2D eigenvalue weighted by atomic mass is 79.9. The fourth-order valence-electron chi connectivity index (χ4n) is 1.53. The van der Waals surface area contributed by atoms with E-state index in [-0.39, 0.29) is 0 Å². The van der Waals surface area contributed by atoms with E-state index < -0.39 is 0 Å². The van der Waals surface area contributed by atoms with Crippen molar-refractivity contribution in [2.24, 2.45) is 0 Å². The van der Waals surface area contributed by atoms with Crippen molar-refractivity contribution in [1.82, 2.24) is 4.98 Å². The maximum atomic E-state index is 5.73. The first-order valence-corrected chi connectivity index (χ1v) is 6.25. The number of halogens is 1. The molecule has 88 valence electrons. The molecule has 17 heavy (non-hydrogen) atoms. The number of hydrogen-bond acceptors (Lipinski definition) is 2. The van der Waals surface area contributed by atoms with Gasteiger partial charge in [0.2, 0.25) is 0 Å². The molecule has 0 spiro atoms. The lowest BCUT2D eigenvalue weighted by molar-refractivity contribution is 0.300. The van der Waals surface area contributed by atoms with Crippen LogP contribution in [0, 0.1) is 13.8 Å². The summed E-state index contributed by atoms with van der Waals surface area (Å²) in [5.74, 6) is 0.871. The largest absolute Gasteiger partial charge is 0.487 e. The Bertz CT molecular complexity index is 525. The molecule has 0 fully saturated rings. The van der Waals surface area contributed by atoms with Crippen LogP contribution in [0.2, 0.25) is 0 Å². The van der Waals surface area contributed by atoms with Gasteiger partial charge in [0.15, 0.2) is 0 Å². The fourth-order valence-corrected chi connectivity index (χ4v) is 1.77. The summed E-state index contributed by atoms with van der Waals surface area (Å²) in [5, 5.41) is 0. The fraction of sp³-hybridized carbons (Fsp3) is 0.214. The van der Waals surface area contributed by atoms with Gasteiger partial charge in [-0.05, 0) is 49.2 Å². The lowest BCUT2D eigenvalue weighted by Crippen LogP contribution is -2.00. The predicted molar refractivity (Wildman–Crippen MR) is 72.2 cm³/mol. The molecule has 2 rings (SSSR count). The molecule has 0 unspecified atom stereocenters. The van der Waals surface area contributed by atoms with Gasteiger partial charge in [0.1, 0.15) is 12.4 Å². The smallest absolute Gasteiger partial charge is 0.130 e. The SMILES string of the molecule is Cc1cc(OCc2ncccc2C)ccc1Br. The van der Waals surface area contributed by atoms with E-state index in [1.165, 1.54) is 5.56 Å². The van der Waals surface area contributed by atoms with E-state index in [9.17, 15) is 0 Å². The Kier molecular flexibility index (Phi) is 3.79. The Hall–Kier alpha value is -1.35. The van der Waals surface area contributed by atoms with Crippen molar-refractivity contribution in [2.45, 2.75) is 20.5 Å². The van der Waals surface area contributed by atoms with E-state index in [0.717, 1.165) is 21.5 Å². The van der Waals surface area contributed by atoms with Crippen LogP contribution in [-0.4, -0.2) is 4.98 Å². The number of aromatic nitrogens is 1. The zero-order chi connectivity index (χ0) is 12.3. The van der Waals surface area contributed by atoms with Crippen molar-refractivity contribution in [3.63, 3.8) is 0 Å². The standard InChI is InChI=1S/C14H14BrNO/c1-10-4-3-7-16-14(10)9-17-12-5-6-13(15)11(2)8-12/h3-8H,9H2,1-2H3. The quantitative estimate of drug-likeness (QED) is 0.851. The lowest BCUT2D eigenvalue weighted by Gasteiger charge is -2.08. The molecule has 1 heterocycles. The predicted octanol–water partition coefficient (Wildman–Crippen LogP) is 4.04. The van der Waals surface area contributed by atoms with Crippen LogP contribution in [0.5, 0.6) is 5.75 Å². The summed E-state index contributed by atoms with van der Waals surface area (Å²) >= 11 is 3.47. The van der Waals surface area contributed by atoms with Crippen LogP contribution >= 0.6 is 15.9 Å². The van der Waals surface area contributed by atoms with Crippen LogP contribution in [0.3, 0.4) is 0 Å². The molecule has 0 aliphatic heterocycles. The zero-order valence-electron chi connectivity index (χ0n) is 9.90. The molecule has 0 N–H and O–H groups in total. The summed E-state index contributed by atoms with van der Waals surface area (Å²) in [6.45, 7) is 4.59. The number of pyridine rings is 1. The summed E-state index contributed by atoms with van der Waals surface area (Å²) in [4.78, 5) is 4.30. The van der Waals surface area contributed by atoms with Gasteiger partial charge in [0.05, 0.1) is 5.69 Å². The summed E-state index contributed by atoms with van der Waals surface area (Å²) in [7, 11) is 0. The molecule has 0 saturated heterocycles. The Morgan fingerprint density at radius 3 is 2.71 bits per heavy atom. The number of aryl methyl sites for hydroxylation is 2. The number of benzene rings is 1. The third-order valence-corrected chi connectivity index (χ3v) is 3.51. The van der Waals surface area contributed by atoms with Crippen molar-refractivity contribution < 1.29 is 4.74 Å². The van der Waals surface area contributed by atoms with Crippen LogP contribution in [-0.2, 0) is 6.61 Å². The normalized spacial score (nSPS) is 10.3. The van der Waals surface area contributed by atoms with Crippen LogP contribution in [0.4, 0.5) is 0 Å². The number of rotatable bonds is 3. The molecular weight excluding hydrogens is 278 g/mol. The van der Waals surface area contributed by atoms with Gasteiger partial charge in [-0.2, -0.15) is 0 Å². The molecule has 1 aromatic heterocycles. The maximum absolute atomic E-state index is 5.73. The second-order valence-corrected chi connectivity index (χ2v) is 4.82. The van der Waals surface area contributed by atoms with Crippen molar-refractivity contribution in [3.05, 3.63) is 57.8 Å². The molecule has 0 saturated carbocycles. The van der Waals surface area contributed by atoms with Crippen LogP contribution < -0.4 is 4.74 Å². The molecule has 0 radical (unpaired) electrons. The topological polar surface area (TPSA) is 22.1 Å². The average Bonchev–Trinajstić information content (AvgIpc) is 2.32. The van der Waals surface area contributed by atoms with Gasteiger partial charge >= 0.3 is 0 Å². The number of hydrogen-bond donors (Lipinski definition) is 0. The van der Waals surface area contributed by atoms with Crippen LogP contribution in [0.25, 0.3) is 0 Å². The first-order valence-electron chi connectivity index (χ1n) is 5.46. The molecule has 1 aromatic carbocycles. The van der Waals surface area contributed by atoms with Crippen molar-refractivity contribution in [1.29, 1.82) is 0 Å². The van der Waals surface area contributed by atoms with E-state index in [1.54, 1.807) is 6.20 Å². The van der Waals surface area contributed by atoms with E-state index in [1.807, 2.05) is 44.2 Å². The molecule has 0 bridgehead atoms. The number of nitrogens with zero attached hydrogens (tertiary/aromatic N) is 1. The molecule has 0 amide bonds. The van der Waals surface area contributed by atoms with Gasteiger partial charge in [-0.1, -0.05) is 22.0 Å². The third kappa shape index (κ3) is 3.07. The molecule has 0 aliphatic rings. The summed E-state index contributed by atoms with van der Waals surface area (Å²) < 4.78 is 6.82. The molecule has 2 nitrogen and oxygen atoms in total. The van der Waals surface area contributed by atoms with Crippen LogP contribution in [0.1, 0.15) is 16.8 Å². The van der Waals surface area contributed by atoms with Crippen molar-refractivity contribution in [3.8, 4) is 5.75 Å².